The van der Waals surface area contributed by atoms with E-state index in [1.54, 1.807) is 12.1 Å². The molecule has 0 bridgehead atoms. The van der Waals surface area contributed by atoms with E-state index in [-0.39, 0.29) is 23.7 Å². The summed E-state index contributed by atoms with van der Waals surface area (Å²) < 4.78 is 0. The highest BCUT2D eigenvalue weighted by atomic mass is 16.2. The number of nitrogens with one attached hydrogen (secondary N) is 2. The van der Waals surface area contributed by atoms with Gasteiger partial charge in [-0.3, -0.25) is 9.59 Å². The second kappa shape index (κ2) is 8.27. The quantitative estimate of drug-likeness (QED) is 0.873. The van der Waals surface area contributed by atoms with Crippen LogP contribution in [0.4, 0.5) is 11.6 Å². The second-order valence-corrected chi connectivity index (χ2v) is 7.06. The monoisotopic (exact) mass is 329 g/mol. The Morgan fingerprint density at radius 2 is 1.17 bits per heavy atom. The molecule has 2 N–H and O–H groups in total. The molecule has 0 atom stereocenters. The standard InChI is InChI=1S/C19H27N3O2/c23-18(14-8-3-1-4-9-14)21-16-12-7-13-17(20-16)22-19(24)15-10-5-2-6-11-15/h7,12-15H,1-6,8-11H2,(H2,20,21,22,23,24). The Morgan fingerprint density at radius 1 is 0.750 bits per heavy atom. The molecule has 1 aromatic heterocycles. The molecule has 2 aliphatic carbocycles. The fraction of sp³-hybridized carbons (Fsp3) is 0.632. The highest BCUT2D eigenvalue weighted by molar-refractivity contribution is 5.93. The SMILES string of the molecule is O=C(Nc1cccc(NC(=O)C2CCCCC2)n1)C1CCCCC1. The molecule has 5 nitrogen and oxygen atoms in total. The van der Waals surface area contributed by atoms with Gasteiger partial charge in [-0.15, -0.1) is 0 Å². The number of pyridine rings is 1. The van der Waals surface area contributed by atoms with Crippen LogP contribution in [0, 0.1) is 11.8 Å². The summed E-state index contributed by atoms with van der Waals surface area (Å²) in [6.45, 7) is 0. The van der Waals surface area contributed by atoms with E-state index in [0.29, 0.717) is 11.6 Å². The maximum Gasteiger partial charge on any atom is 0.228 e. The van der Waals surface area contributed by atoms with Gasteiger partial charge in [-0.1, -0.05) is 44.6 Å². The van der Waals surface area contributed by atoms with Crippen LogP contribution in [0.25, 0.3) is 0 Å². The van der Waals surface area contributed by atoms with E-state index in [2.05, 4.69) is 15.6 Å². The van der Waals surface area contributed by atoms with E-state index in [4.69, 9.17) is 0 Å². The molecule has 2 amide bonds. The number of hydrogen-bond donors (Lipinski definition) is 2. The first kappa shape index (κ1) is 16.9. The highest BCUT2D eigenvalue weighted by Gasteiger charge is 2.23. The van der Waals surface area contributed by atoms with Crippen molar-refractivity contribution in [3.05, 3.63) is 18.2 Å². The maximum atomic E-state index is 12.3. The van der Waals surface area contributed by atoms with Gasteiger partial charge in [-0.2, -0.15) is 0 Å². The van der Waals surface area contributed by atoms with Crippen LogP contribution in [-0.2, 0) is 9.59 Å². The van der Waals surface area contributed by atoms with E-state index in [1.165, 1.54) is 12.8 Å². The maximum absolute atomic E-state index is 12.3. The largest absolute Gasteiger partial charge is 0.310 e. The summed E-state index contributed by atoms with van der Waals surface area (Å²) in [5.74, 6) is 1.34. The lowest BCUT2D eigenvalue weighted by molar-refractivity contribution is -0.121. The number of amides is 2. The predicted molar refractivity (Wildman–Crippen MR) is 94.6 cm³/mol. The zero-order chi connectivity index (χ0) is 16.8. The van der Waals surface area contributed by atoms with Gasteiger partial charge in [0.25, 0.3) is 0 Å². The zero-order valence-electron chi connectivity index (χ0n) is 14.2. The molecule has 1 aromatic rings. The van der Waals surface area contributed by atoms with Gasteiger partial charge >= 0.3 is 0 Å². The van der Waals surface area contributed by atoms with Gasteiger partial charge in [0, 0.05) is 11.8 Å². The van der Waals surface area contributed by atoms with Gasteiger partial charge in [0.15, 0.2) is 0 Å². The molecule has 0 aliphatic heterocycles. The minimum Gasteiger partial charge on any atom is -0.310 e. The third kappa shape index (κ3) is 4.56. The molecule has 5 heteroatoms. The van der Waals surface area contributed by atoms with Crippen LogP contribution >= 0.6 is 0 Å². The van der Waals surface area contributed by atoms with Gasteiger partial charge in [0.2, 0.25) is 11.8 Å². The van der Waals surface area contributed by atoms with Crippen molar-refractivity contribution in [3.8, 4) is 0 Å². The van der Waals surface area contributed by atoms with E-state index in [1.807, 2.05) is 6.07 Å². The lowest BCUT2D eigenvalue weighted by Crippen LogP contribution is -2.26. The lowest BCUT2D eigenvalue weighted by atomic mass is 9.88. The molecule has 24 heavy (non-hydrogen) atoms. The summed E-state index contributed by atoms with van der Waals surface area (Å²) in [7, 11) is 0. The van der Waals surface area contributed by atoms with Crippen LogP contribution in [0.3, 0.4) is 0 Å². The van der Waals surface area contributed by atoms with Gasteiger partial charge in [0.05, 0.1) is 0 Å². The first-order valence-corrected chi connectivity index (χ1v) is 9.31. The average Bonchev–Trinajstić information content (AvgIpc) is 2.63. The third-order valence-corrected chi connectivity index (χ3v) is 5.20. The minimum absolute atomic E-state index is 0.0537. The first-order valence-electron chi connectivity index (χ1n) is 9.31. The number of nitrogens with zero attached hydrogens (tertiary/aromatic N) is 1. The van der Waals surface area contributed by atoms with Gasteiger partial charge in [0.1, 0.15) is 11.6 Å². The van der Waals surface area contributed by atoms with Crippen molar-refractivity contribution in [1.82, 2.24) is 4.98 Å². The number of rotatable bonds is 4. The van der Waals surface area contributed by atoms with E-state index < -0.39 is 0 Å². The van der Waals surface area contributed by atoms with Crippen molar-refractivity contribution >= 4 is 23.5 Å². The van der Waals surface area contributed by atoms with Gasteiger partial charge in [-0.25, -0.2) is 4.98 Å². The Morgan fingerprint density at radius 3 is 1.58 bits per heavy atom. The molecule has 1 heterocycles. The number of aromatic nitrogens is 1. The second-order valence-electron chi connectivity index (χ2n) is 7.06. The van der Waals surface area contributed by atoms with Gasteiger partial charge in [-0.05, 0) is 37.8 Å². The summed E-state index contributed by atoms with van der Waals surface area (Å²) >= 11 is 0. The summed E-state index contributed by atoms with van der Waals surface area (Å²) in [5.41, 5.74) is 0. The van der Waals surface area contributed by atoms with Crippen molar-refractivity contribution in [2.75, 3.05) is 10.6 Å². The van der Waals surface area contributed by atoms with Crippen LogP contribution in [0.1, 0.15) is 64.2 Å². The summed E-state index contributed by atoms with van der Waals surface area (Å²) in [4.78, 5) is 29.0. The molecule has 0 spiro atoms. The van der Waals surface area contributed by atoms with E-state index in [0.717, 1.165) is 51.4 Å². The van der Waals surface area contributed by atoms with Crippen LogP contribution in [0.15, 0.2) is 18.2 Å². The molecule has 0 aromatic carbocycles. The minimum atomic E-state index is 0.0537. The zero-order valence-corrected chi connectivity index (χ0v) is 14.2. The summed E-state index contributed by atoms with van der Waals surface area (Å²) in [5, 5.41) is 5.81. The van der Waals surface area contributed by atoms with E-state index in [9.17, 15) is 9.59 Å². The van der Waals surface area contributed by atoms with Crippen LogP contribution < -0.4 is 10.6 Å². The van der Waals surface area contributed by atoms with Crippen LogP contribution in [0.5, 0.6) is 0 Å². The Balaban J connectivity index is 1.57. The molecule has 0 unspecified atom stereocenters. The Bertz CT molecular complexity index is 528. The molecular formula is C19H27N3O2. The predicted octanol–water partition coefficient (Wildman–Crippen LogP) is 4.12. The first-order chi connectivity index (χ1) is 11.7. The van der Waals surface area contributed by atoms with Crippen LogP contribution in [0.2, 0.25) is 0 Å². The summed E-state index contributed by atoms with van der Waals surface area (Å²) in [6.07, 6.45) is 10.8. The number of carbonyl (C=O) groups excluding carboxylic acids is 2. The Labute approximate surface area is 143 Å². The van der Waals surface area contributed by atoms with Crippen molar-refractivity contribution < 1.29 is 9.59 Å². The van der Waals surface area contributed by atoms with Crippen molar-refractivity contribution in [3.63, 3.8) is 0 Å². The van der Waals surface area contributed by atoms with Crippen molar-refractivity contribution in [2.24, 2.45) is 11.8 Å². The third-order valence-electron chi connectivity index (χ3n) is 5.20. The van der Waals surface area contributed by atoms with Gasteiger partial charge < -0.3 is 10.6 Å². The molecule has 2 aliphatic rings. The van der Waals surface area contributed by atoms with E-state index >= 15 is 0 Å². The number of anilines is 2. The number of carbonyl (C=O) groups is 2. The molecule has 0 saturated heterocycles. The molecule has 3 rings (SSSR count). The Hall–Kier alpha value is -1.91. The lowest BCUT2D eigenvalue weighted by Gasteiger charge is -2.21. The van der Waals surface area contributed by atoms with Crippen molar-refractivity contribution in [1.29, 1.82) is 0 Å². The number of hydrogen-bond acceptors (Lipinski definition) is 3. The Kier molecular flexibility index (Phi) is 5.83. The molecule has 2 saturated carbocycles. The van der Waals surface area contributed by atoms with Crippen molar-refractivity contribution in [2.45, 2.75) is 64.2 Å². The average molecular weight is 329 g/mol. The molecule has 130 valence electrons. The highest BCUT2D eigenvalue weighted by Crippen LogP contribution is 2.26. The fourth-order valence-corrected chi connectivity index (χ4v) is 3.76. The molecule has 2 fully saturated rings. The smallest absolute Gasteiger partial charge is 0.228 e. The van der Waals surface area contributed by atoms with Crippen LogP contribution in [-0.4, -0.2) is 16.8 Å². The normalized spacial score (nSPS) is 19.7. The fourth-order valence-electron chi connectivity index (χ4n) is 3.76. The molecular weight excluding hydrogens is 302 g/mol. The summed E-state index contributed by atoms with van der Waals surface area (Å²) in [6, 6.07) is 5.37. The molecule has 0 radical (unpaired) electrons. The topological polar surface area (TPSA) is 71.1 Å².